The Morgan fingerprint density at radius 1 is 1.00 bits per heavy atom. The van der Waals surface area contributed by atoms with Crippen LogP contribution < -0.4 is 0 Å². The van der Waals surface area contributed by atoms with Gasteiger partial charge in [-0.3, -0.25) is 0 Å². The van der Waals surface area contributed by atoms with Crippen LogP contribution in [0.2, 0.25) is 18.1 Å². The van der Waals surface area contributed by atoms with Crippen molar-refractivity contribution in [2.75, 3.05) is 0 Å². The van der Waals surface area contributed by atoms with Crippen molar-refractivity contribution >= 4 is 8.32 Å². The number of hydrogen-bond acceptors (Lipinski definition) is 1. The van der Waals surface area contributed by atoms with Gasteiger partial charge in [-0.2, -0.15) is 0 Å². The average Bonchev–Trinajstić information content (AvgIpc) is 2.31. The van der Waals surface area contributed by atoms with Gasteiger partial charge < -0.3 is 4.43 Å². The molecule has 2 heteroatoms. The van der Waals surface area contributed by atoms with E-state index < -0.39 is 8.32 Å². The fourth-order valence-electron chi connectivity index (χ4n) is 2.36. The summed E-state index contributed by atoms with van der Waals surface area (Å²) in [5.41, 5.74) is 0. The van der Waals surface area contributed by atoms with Crippen molar-refractivity contribution in [1.82, 2.24) is 0 Å². The Labute approximate surface area is 103 Å². The van der Waals surface area contributed by atoms with Crippen molar-refractivity contribution in [3.8, 4) is 0 Å². The molecule has 16 heavy (non-hydrogen) atoms. The van der Waals surface area contributed by atoms with E-state index in [0.717, 1.165) is 17.8 Å². The zero-order valence-electron chi connectivity index (χ0n) is 12.4. The lowest BCUT2D eigenvalue weighted by molar-refractivity contribution is 0.138. The van der Waals surface area contributed by atoms with Crippen molar-refractivity contribution in [2.24, 2.45) is 17.8 Å². The predicted octanol–water partition coefficient (Wildman–Crippen LogP) is 4.69. The zero-order chi connectivity index (χ0) is 12.7. The highest BCUT2D eigenvalue weighted by atomic mass is 28.4. The molecule has 0 heterocycles. The molecule has 0 N–H and O–H groups in total. The van der Waals surface area contributed by atoms with E-state index in [9.17, 15) is 0 Å². The number of rotatable bonds is 2. The number of hydrogen-bond donors (Lipinski definition) is 0. The molecule has 96 valence electrons. The van der Waals surface area contributed by atoms with Crippen LogP contribution in [-0.4, -0.2) is 14.4 Å². The maximum atomic E-state index is 6.56. The lowest BCUT2D eigenvalue weighted by Gasteiger charge is -2.39. The van der Waals surface area contributed by atoms with E-state index in [2.05, 4.69) is 54.6 Å². The Morgan fingerprint density at radius 2 is 1.50 bits per heavy atom. The van der Waals surface area contributed by atoms with Gasteiger partial charge in [-0.25, -0.2) is 0 Å². The van der Waals surface area contributed by atoms with Crippen LogP contribution in [-0.2, 0) is 4.43 Å². The zero-order valence-corrected chi connectivity index (χ0v) is 13.4. The normalized spacial score (nSPS) is 36.8. The molecule has 0 radical (unpaired) electrons. The molecular formula is C14H30OSi. The van der Waals surface area contributed by atoms with Crippen molar-refractivity contribution < 1.29 is 4.43 Å². The standard InChI is InChI=1S/C14H30OSi/c1-10-9-13(12(3)11(10)2)15-16(7,8)14(4,5)6/h10-13H,9H2,1-8H3. The van der Waals surface area contributed by atoms with Gasteiger partial charge in [-0.1, -0.05) is 41.5 Å². The second kappa shape index (κ2) is 4.45. The van der Waals surface area contributed by atoms with Gasteiger partial charge in [-0.05, 0) is 42.3 Å². The molecule has 0 aromatic heterocycles. The highest BCUT2D eigenvalue weighted by molar-refractivity contribution is 6.74. The smallest absolute Gasteiger partial charge is 0.192 e. The summed E-state index contributed by atoms with van der Waals surface area (Å²) in [6.07, 6.45) is 1.76. The maximum Gasteiger partial charge on any atom is 0.192 e. The first-order valence-corrected chi connectivity index (χ1v) is 9.65. The lowest BCUT2D eigenvalue weighted by Crippen LogP contribution is -2.44. The minimum absolute atomic E-state index is 0.335. The van der Waals surface area contributed by atoms with E-state index in [-0.39, 0.29) is 0 Å². The third-order valence-corrected chi connectivity index (χ3v) is 9.67. The molecule has 1 aliphatic rings. The second-order valence-electron chi connectivity index (χ2n) is 7.35. The first-order chi connectivity index (χ1) is 7.06. The quantitative estimate of drug-likeness (QED) is 0.638. The fourth-order valence-corrected chi connectivity index (χ4v) is 3.78. The SMILES string of the molecule is CC1CC(O[Si](C)(C)C(C)(C)C)C(C)C1C. The summed E-state index contributed by atoms with van der Waals surface area (Å²) >= 11 is 0. The van der Waals surface area contributed by atoms with E-state index in [4.69, 9.17) is 4.43 Å². The molecule has 1 rings (SSSR count). The van der Waals surface area contributed by atoms with Gasteiger partial charge in [-0.15, -0.1) is 0 Å². The van der Waals surface area contributed by atoms with Crippen molar-refractivity contribution in [3.63, 3.8) is 0 Å². The minimum Gasteiger partial charge on any atom is -0.414 e. The summed E-state index contributed by atoms with van der Waals surface area (Å²) in [4.78, 5) is 0. The summed E-state index contributed by atoms with van der Waals surface area (Å²) in [6, 6.07) is 0. The van der Waals surface area contributed by atoms with E-state index in [1.807, 2.05) is 0 Å². The molecular weight excluding hydrogens is 212 g/mol. The highest BCUT2D eigenvalue weighted by Gasteiger charge is 2.44. The van der Waals surface area contributed by atoms with Crippen LogP contribution in [0.25, 0.3) is 0 Å². The summed E-state index contributed by atoms with van der Waals surface area (Å²) in [7, 11) is -1.57. The van der Waals surface area contributed by atoms with Gasteiger partial charge in [0, 0.05) is 6.10 Å². The van der Waals surface area contributed by atoms with Gasteiger partial charge in [0.2, 0.25) is 0 Å². The van der Waals surface area contributed by atoms with Crippen molar-refractivity contribution in [1.29, 1.82) is 0 Å². The minimum atomic E-state index is -1.57. The molecule has 0 aromatic rings. The van der Waals surface area contributed by atoms with Gasteiger partial charge in [0.05, 0.1) is 0 Å². The first-order valence-electron chi connectivity index (χ1n) is 6.74. The van der Waals surface area contributed by atoms with Crippen LogP contribution in [0.5, 0.6) is 0 Å². The molecule has 4 unspecified atom stereocenters. The van der Waals surface area contributed by atoms with Gasteiger partial charge in [0.15, 0.2) is 8.32 Å². The largest absolute Gasteiger partial charge is 0.414 e. The van der Waals surface area contributed by atoms with Crippen LogP contribution in [0.1, 0.15) is 48.0 Å². The molecule has 0 spiro atoms. The molecule has 1 aliphatic carbocycles. The monoisotopic (exact) mass is 242 g/mol. The van der Waals surface area contributed by atoms with E-state index >= 15 is 0 Å². The Hall–Kier alpha value is 0.177. The average molecular weight is 242 g/mol. The molecule has 0 amide bonds. The van der Waals surface area contributed by atoms with E-state index in [0.29, 0.717) is 11.1 Å². The Bertz CT molecular complexity index is 242. The molecule has 0 aromatic carbocycles. The summed E-state index contributed by atoms with van der Waals surface area (Å²) < 4.78 is 6.56. The van der Waals surface area contributed by atoms with Gasteiger partial charge in [0.25, 0.3) is 0 Å². The summed E-state index contributed by atoms with van der Waals surface area (Å²) in [6.45, 7) is 18.8. The van der Waals surface area contributed by atoms with Crippen molar-refractivity contribution in [2.45, 2.75) is 72.2 Å². The van der Waals surface area contributed by atoms with Crippen LogP contribution >= 0.6 is 0 Å². The summed E-state index contributed by atoms with van der Waals surface area (Å²) in [5, 5.41) is 0.335. The predicted molar refractivity (Wildman–Crippen MR) is 74.2 cm³/mol. The maximum absolute atomic E-state index is 6.56. The lowest BCUT2D eigenvalue weighted by atomic mass is 9.94. The van der Waals surface area contributed by atoms with Gasteiger partial charge in [0.1, 0.15) is 0 Å². The molecule has 0 aliphatic heterocycles. The third kappa shape index (κ3) is 2.70. The second-order valence-corrected chi connectivity index (χ2v) is 12.1. The van der Waals surface area contributed by atoms with E-state index in [1.165, 1.54) is 6.42 Å². The molecule has 0 saturated heterocycles. The molecule has 1 fully saturated rings. The Kier molecular flexibility index (Phi) is 3.96. The Balaban J connectivity index is 2.69. The molecule has 1 saturated carbocycles. The molecule has 0 bridgehead atoms. The van der Waals surface area contributed by atoms with Crippen LogP contribution in [0.4, 0.5) is 0 Å². The summed E-state index contributed by atoms with van der Waals surface area (Å²) in [5.74, 6) is 2.36. The van der Waals surface area contributed by atoms with Crippen LogP contribution in [0.15, 0.2) is 0 Å². The fraction of sp³-hybridized carbons (Fsp3) is 1.00. The van der Waals surface area contributed by atoms with Gasteiger partial charge >= 0.3 is 0 Å². The van der Waals surface area contributed by atoms with E-state index in [1.54, 1.807) is 0 Å². The van der Waals surface area contributed by atoms with Crippen LogP contribution in [0.3, 0.4) is 0 Å². The topological polar surface area (TPSA) is 9.23 Å². The molecule has 1 nitrogen and oxygen atoms in total. The highest BCUT2D eigenvalue weighted by Crippen LogP contribution is 2.44. The first kappa shape index (κ1) is 14.2. The van der Waals surface area contributed by atoms with Crippen LogP contribution in [0, 0.1) is 17.8 Å². The molecule has 4 atom stereocenters. The Morgan fingerprint density at radius 3 is 1.81 bits per heavy atom. The third-order valence-electron chi connectivity index (χ3n) is 5.17. The van der Waals surface area contributed by atoms with Crippen molar-refractivity contribution in [3.05, 3.63) is 0 Å².